The third-order valence-electron chi connectivity index (χ3n) is 2.61. The molecule has 0 bridgehead atoms. The monoisotopic (exact) mass is 169 g/mol. The van der Waals surface area contributed by atoms with Gasteiger partial charge in [0, 0.05) is 6.42 Å². The number of piperidine rings is 1. The maximum atomic E-state index is 10.2. The summed E-state index contributed by atoms with van der Waals surface area (Å²) in [6.45, 7) is 3.65. The van der Waals surface area contributed by atoms with Gasteiger partial charge in [-0.25, -0.2) is 0 Å². The number of hydrogen-bond acceptors (Lipinski definition) is 3. The molecule has 3 nitrogen and oxygen atoms in total. The lowest BCUT2D eigenvalue weighted by Gasteiger charge is -2.31. The van der Waals surface area contributed by atoms with E-state index in [0.717, 1.165) is 32.2 Å². The molecule has 0 amide bonds. The largest absolute Gasteiger partial charge is 0.437 e. The standard InChI is InChI=1S/C8H16BNO2/c1-9(12)10-5-2-8(3-6-10)4-7-11/h7-8,12H,2-6H2,1H3. The molecule has 1 saturated heterocycles. The molecular weight excluding hydrogens is 153 g/mol. The first-order valence-electron chi connectivity index (χ1n) is 4.59. The lowest BCUT2D eigenvalue weighted by molar-refractivity contribution is -0.108. The zero-order chi connectivity index (χ0) is 8.97. The fourth-order valence-electron chi connectivity index (χ4n) is 1.70. The van der Waals surface area contributed by atoms with Crippen LogP contribution in [0.25, 0.3) is 0 Å². The minimum absolute atomic E-state index is 0.331. The molecule has 0 aromatic rings. The van der Waals surface area contributed by atoms with Crippen LogP contribution in [-0.4, -0.2) is 36.3 Å². The summed E-state index contributed by atoms with van der Waals surface area (Å²) in [6, 6.07) is 0. The Balaban J connectivity index is 2.24. The predicted octanol–water partition coefficient (Wildman–Crippen LogP) is 0.398. The van der Waals surface area contributed by atoms with Crippen molar-refractivity contribution in [2.75, 3.05) is 13.1 Å². The van der Waals surface area contributed by atoms with Gasteiger partial charge in [0.1, 0.15) is 6.29 Å². The number of carbonyl (C=O) groups excluding carboxylic acids is 1. The number of hydrogen-bond donors (Lipinski definition) is 1. The quantitative estimate of drug-likeness (QED) is 0.491. The van der Waals surface area contributed by atoms with E-state index < -0.39 is 0 Å². The van der Waals surface area contributed by atoms with Crippen molar-refractivity contribution >= 4 is 13.3 Å². The highest BCUT2D eigenvalue weighted by atomic mass is 16.2. The van der Waals surface area contributed by atoms with Gasteiger partial charge in [0.15, 0.2) is 0 Å². The fourth-order valence-corrected chi connectivity index (χ4v) is 1.70. The summed E-state index contributed by atoms with van der Waals surface area (Å²) in [4.78, 5) is 12.3. The second-order valence-electron chi connectivity index (χ2n) is 3.51. The fraction of sp³-hybridized carbons (Fsp3) is 0.875. The van der Waals surface area contributed by atoms with Gasteiger partial charge < -0.3 is 14.6 Å². The van der Waals surface area contributed by atoms with Gasteiger partial charge in [-0.1, -0.05) is 0 Å². The molecule has 0 aromatic heterocycles. The van der Waals surface area contributed by atoms with Crippen LogP contribution in [0, 0.1) is 5.92 Å². The normalized spacial score (nSPS) is 20.8. The lowest BCUT2D eigenvalue weighted by atomic mass is 9.80. The Bertz CT molecular complexity index is 144. The van der Waals surface area contributed by atoms with E-state index in [1.807, 2.05) is 4.81 Å². The molecule has 0 aliphatic carbocycles. The van der Waals surface area contributed by atoms with Crippen molar-refractivity contribution in [1.29, 1.82) is 0 Å². The van der Waals surface area contributed by atoms with Crippen LogP contribution < -0.4 is 0 Å². The molecule has 0 unspecified atom stereocenters. The van der Waals surface area contributed by atoms with Gasteiger partial charge in [-0.3, -0.25) is 0 Å². The van der Waals surface area contributed by atoms with Gasteiger partial charge in [-0.05, 0) is 38.7 Å². The summed E-state index contributed by atoms with van der Waals surface area (Å²) in [5.74, 6) is 0.553. The van der Waals surface area contributed by atoms with Crippen molar-refractivity contribution in [2.45, 2.75) is 26.1 Å². The molecule has 0 atom stereocenters. The SMILES string of the molecule is CB(O)N1CCC(CC=O)CC1. The van der Waals surface area contributed by atoms with E-state index in [9.17, 15) is 9.82 Å². The summed E-state index contributed by atoms with van der Waals surface area (Å²) in [6.07, 6.45) is 3.78. The smallest absolute Gasteiger partial charge is 0.376 e. The van der Waals surface area contributed by atoms with Crippen molar-refractivity contribution in [2.24, 2.45) is 5.92 Å². The highest BCUT2D eigenvalue weighted by Crippen LogP contribution is 2.19. The average Bonchev–Trinajstić information content (AvgIpc) is 2.06. The maximum Gasteiger partial charge on any atom is 0.376 e. The van der Waals surface area contributed by atoms with E-state index in [0.29, 0.717) is 12.3 Å². The minimum Gasteiger partial charge on any atom is -0.437 e. The number of rotatable bonds is 3. The molecule has 0 radical (unpaired) electrons. The molecule has 1 fully saturated rings. The summed E-state index contributed by atoms with van der Waals surface area (Å²) < 4.78 is 0. The Labute approximate surface area is 73.9 Å². The predicted molar refractivity (Wildman–Crippen MR) is 48.8 cm³/mol. The maximum absolute atomic E-state index is 10.2. The molecule has 0 aromatic carbocycles. The zero-order valence-electron chi connectivity index (χ0n) is 7.57. The Morgan fingerprint density at radius 2 is 2.17 bits per heavy atom. The van der Waals surface area contributed by atoms with E-state index in [1.165, 1.54) is 0 Å². The van der Waals surface area contributed by atoms with Gasteiger partial charge in [-0.15, -0.1) is 0 Å². The molecule has 1 aliphatic heterocycles. The van der Waals surface area contributed by atoms with E-state index in [1.54, 1.807) is 6.82 Å². The molecule has 0 spiro atoms. The number of carbonyl (C=O) groups is 1. The van der Waals surface area contributed by atoms with Crippen LogP contribution in [0.1, 0.15) is 19.3 Å². The summed E-state index contributed by atoms with van der Waals surface area (Å²) >= 11 is 0. The van der Waals surface area contributed by atoms with Crippen LogP contribution >= 0.6 is 0 Å². The van der Waals surface area contributed by atoms with Gasteiger partial charge in [0.05, 0.1) is 0 Å². The van der Waals surface area contributed by atoms with E-state index in [2.05, 4.69) is 0 Å². The first-order valence-corrected chi connectivity index (χ1v) is 4.59. The first-order chi connectivity index (χ1) is 5.74. The number of aldehydes is 1. The molecule has 4 heteroatoms. The second kappa shape index (κ2) is 4.62. The van der Waals surface area contributed by atoms with Crippen LogP contribution in [0.3, 0.4) is 0 Å². The third kappa shape index (κ3) is 2.61. The Kier molecular flexibility index (Phi) is 3.75. The second-order valence-corrected chi connectivity index (χ2v) is 3.51. The van der Waals surface area contributed by atoms with E-state index >= 15 is 0 Å². The Hall–Kier alpha value is -0.345. The van der Waals surface area contributed by atoms with Crippen LogP contribution in [0.2, 0.25) is 6.82 Å². The Morgan fingerprint density at radius 3 is 2.58 bits per heavy atom. The van der Waals surface area contributed by atoms with Crippen molar-refractivity contribution in [3.63, 3.8) is 0 Å². The topological polar surface area (TPSA) is 40.5 Å². The lowest BCUT2D eigenvalue weighted by Crippen LogP contribution is -2.42. The van der Waals surface area contributed by atoms with E-state index in [4.69, 9.17) is 0 Å². The van der Waals surface area contributed by atoms with Crippen LogP contribution in [0.15, 0.2) is 0 Å². The van der Waals surface area contributed by atoms with Crippen LogP contribution in [-0.2, 0) is 4.79 Å². The van der Waals surface area contributed by atoms with Crippen molar-refractivity contribution in [1.82, 2.24) is 4.81 Å². The molecule has 1 heterocycles. The molecule has 68 valence electrons. The van der Waals surface area contributed by atoms with Gasteiger partial charge >= 0.3 is 7.05 Å². The highest BCUT2D eigenvalue weighted by molar-refractivity contribution is 6.45. The Morgan fingerprint density at radius 1 is 1.58 bits per heavy atom. The molecule has 12 heavy (non-hydrogen) atoms. The van der Waals surface area contributed by atoms with Crippen molar-refractivity contribution in [3.8, 4) is 0 Å². The molecular formula is C8H16BNO2. The van der Waals surface area contributed by atoms with Gasteiger partial charge in [0.2, 0.25) is 0 Å². The molecule has 1 rings (SSSR count). The van der Waals surface area contributed by atoms with Gasteiger partial charge in [-0.2, -0.15) is 0 Å². The minimum atomic E-state index is -0.331. The first kappa shape index (κ1) is 9.74. The van der Waals surface area contributed by atoms with Crippen LogP contribution in [0.4, 0.5) is 0 Å². The number of nitrogens with zero attached hydrogens (tertiary/aromatic N) is 1. The molecule has 1 N–H and O–H groups in total. The zero-order valence-corrected chi connectivity index (χ0v) is 7.57. The molecule has 0 saturated carbocycles. The average molecular weight is 169 g/mol. The third-order valence-corrected chi connectivity index (χ3v) is 2.61. The van der Waals surface area contributed by atoms with Crippen molar-refractivity contribution in [3.05, 3.63) is 0 Å². The molecule has 1 aliphatic rings. The van der Waals surface area contributed by atoms with E-state index in [-0.39, 0.29) is 7.05 Å². The summed E-state index contributed by atoms with van der Waals surface area (Å²) in [5, 5.41) is 9.25. The van der Waals surface area contributed by atoms with Gasteiger partial charge in [0.25, 0.3) is 0 Å². The highest BCUT2D eigenvalue weighted by Gasteiger charge is 2.23. The summed E-state index contributed by atoms with van der Waals surface area (Å²) in [5.41, 5.74) is 0. The summed E-state index contributed by atoms with van der Waals surface area (Å²) in [7, 11) is -0.331. The van der Waals surface area contributed by atoms with Crippen LogP contribution in [0.5, 0.6) is 0 Å². The van der Waals surface area contributed by atoms with Crippen molar-refractivity contribution < 1.29 is 9.82 Å².